The lowest BCUT2D eigenvalue weighted by atomic mass is 9.69. The first-order valence-corrected chi connectivity index (χ1v) is 8.82. The van der Waals surface area contributed by atoms with E-state index in [1.165, 1.54) is 0 Å². The molecule has 0 saturated heterocycles. The Hall–Kier alpha value is -1.06. The fraction of sp³-hybridized carbons (Fsp3) is 0.889. The van der Waals surface area contributed by atoms with Crippen molar-refractivity contribution in [3.05, 3.63) is 0 Å². The van der Waals surface area contributed by atoms with E-state index in [9.17, 15) is 19.8 Å². The molecule has 4 unspecified atom stereocenters. The molecule has 1 saturated carbocycles. The first-order chi connectivity index (χ1) is 10.4. The Bertz CT molecular complexity index is 379. The van der Waals surface area contributed by atoms with E-state index in [0.717, 1.165) is 44.9 Å². The van der Waals surface area contributed by atoms with E-state index in [-0.39, 0.29) is 11.8 Å². The maximum absolute atomic E-state index is 11.6. The highest BCUT2D eigenvalue weighted by molar-refractivity contribution is 5.74. The average Bonchev–Trinajstić information content (AvgIpc) is 2.50. The lowest BCUT2D eigenvalue weighted by molar-refractivity contribution is -0.148. The minimum absolute atomic E-state index is 0.198. The van der Waals surface area contributed by atoms with Crippen LogP contribution >= 0.6 is 0 Å². The summed E-state index contributed by atoms with van der Waals surface area (Å²) in [6.07, 6.45) is 8.18. The van der Waals surface area contributed by atoms with Crippen molar-refractivity contribution in [3.63, 3.8) is 0 Å². The van der Waals surface area contributed by atoms with Crippen molar-refractivity contribution < 1.29 is 19.8 Å². The van der Waals surface area contributed by atoms with Crippen LogP contribution in [0.2, 0.25) is 0 Å². The Balaban J connectivity index is 2.49. The van der Waals surface area contributed by atoms with E-state index in [1.807, 2.05) is 13.8 Å². The highest BCUT2D eigenvalue weighted by Crippen LogP contribution is 2.40. The van der Waals surface area contributed by atoms with Crippen LogP contribution in [0.4, 0.5) is 0 Å². The van der Waals surface area contributed by atoms with Gasteiger partial charge in [-0.25, -0.2) is 0 Å². The summed E-state index contributed by atoms with van der Waals surface area (Å²) in [6.45, 7) is 5.81. The van der Waals surface area contributed by atoms with Crippen molar-refractivity contribution in [2.45, 2.75) is 78.6 Å². The maximum atomic E-state index is 11.6. The zero-order valence-electron chi connectivity index (χ0n) is 14.3. The molecule has 2 N–H and O–H groups in total. The topological polar surface area (TPSA) is 74.6 Å². The van der Waals surface area contributed by atoms with Gasteiger partial charge in [0, 0.05) is 0 Å². The molecule has 0 bridgehead atoms. The van der Waals surface area contributed by atoms with E-state index in [1.54, 1.807) is 0 Å². The van der Waals surface area contributed by atoms with Crippen molar-refractivity contribution in [1.82, 2.24) is 0 Å². The van der Waals surface area contributed by atoms with Gasteiger partial charge in [-0.1, -0.05) is 39.5 Å². The standard InChI is InChI=1S/C18H32O4/c1-4-13-10-8-11-14(15(13)16(19)20)9-6-7-12-18(3,5-2)17(21)22/h13-15H,4-12H2,1-3H3,(H,19,20)(H,21,22). The van der Waals surface area contributed by atoms with Gasteiger partial charge in [0.1, 0.15) is 0 Å². The van der Waals surface area contributed by atoms with Crippen LogP contribution < -0.4 is 0 Å². The van der Waals surface area contributed by atoms with Crippen molar-refractivity contribution in [3.8, 4) is 0 Å². The third-order valence-electron chi connectivity index (χ3n) is 5.83. The number of carboxylic acids is 2. The maximum Gasteiger partial charge on any atom is 0.309 e. The third kappa shape index (κ3) is 4.72. The van der Waals surface area contributed by atoms with Crippen molar-refractivity contribution in [2.24, 2.45) is 23.2 Å². The Morgan fingerprint density at radius 2 is 1.73 bits per heavy atom. The molecule has 4 nitrogen and oxygen atoms in total. The molecule has 4 atom stereocenters. The van der Waals surface area contributed by atoms with Crippen LogP contribution in [0.15, 0.2) is 0 Å². The summed E-state index contributed by atoms with van der Waals surface area (Å²) in [6, 6.07) is 0. The number of aliphatic carboxylic acids is 2. The van der Waals surface area contributed by atoms with Crippen LogP contribution in [0.1, 0.15) is 78.6 Å². The molecule has 1 fully saturated rings. The summed E-state index contributed by atoms with van der Waals surface area (Å²) in [4.78, 5) is 22.9. The van der Waals surface area contributed by atoms with Gasteiger partial charge in [0.2, 0.25) is 0 Å². The van der Waals surface area contributed by atoms with E-state index in [4.69, 9.17) is 0 Å². The second kappa shape index (κ2) is 8.54. The van der Waals surface area contributed by atoms with E-state index < -0.39 is 17.4 Å². The number of hydrogen-bond donors (Lipinski definition) is 2. The Kier molecular flexibility index (Phi) is 7.37. The third-order valence-corrected chi connectivity index (χ3v) is 5.83. The molecule has 22 heavy (non-hydrogen) atoms. The Morgan fingerprint density at radius 1 is 1.09 bits per heavy atom. The number of carboxylic acid groups (broad SMARTS) is 2. The first kappa shape index (κ1) is 19.0. The quantitative estimate of drug-likeness (QED) is 0.611. The summed E-state index contributed by atoms with van der Waals surface area (Å²) >= 11 is 0. The molecule has 0 spiro atoms. The summed E-state index contributed by atoms with van der Waals surface area (Å²) < 4.78 is 0. The molecule has 0 aromatic rings. The molecule has 0 aromatic heterocycles. The normalized spacial score (nSPS) is 28.0. The number of hydrogen-bond acceptors (Lipinski definition) is 2. The zero-order valence-corrected chi connectivity index (χ0v) is 14.3. The molecule has 0 radical (unpaired) electrons. The fourth-order valence-electron chi connectivity index (χ4n) is 3.93. The predicted octanol–water partition coefficient (Wildman–Crippen LogP) is 4.57. The second-order valence-corrected chi connectivity index (χ2v) is 7.19. The smallest absolute Gasteiger partial charge is 0.309 e. The van der Waals surface area contributed by atoms with Gasteiger partial charge in [0.15, 0.2) is 0 Å². The minimum Gasteiger partial charge on any atom is -0.481 e. The number of carbonyl (C=O) groups is 2. The highest BCUT2D eigenvalue weighted by Gasteiger charge is 2.37. The number of rotatable bonds is 9. The Morgan fingerprint density at radius 3 is 2.23 bits per heavy atom. The molecule has 0 amide bonds. The van der Waals surface area contributed by atoms with Crippen LogP contribution in [0.5, 0.6) is 0 Å². The van der Waals surface area contributed by atoms with Gasteiger partial charge in [0.05, 0.1) is 11.3 Å². The molecule has 1 aliphatic carbocycles. The monoisotopic (exact) mass is 312 g/mol. The molecule has 0 heterocycles. The van der Waals surface area contributed by atoms with Gasteiger partial charge in [-0.2, -0.15) is 0 Å². The van der Waals surface area contributed by atoms with Gasteiger partial charge in [-0.05, 0) is 50.9 Å². The van der Waals surface area contributed by atoms with Gasteiger partial charge in [-0.3, -0.25) is 9.59 Å². The molecule has 0 aromatic carbocycles. The molecular formula is C18H32O4. The van der Waals surface area contributed by atoms with Crippen molar-refractivity contribution in [2.75, 3.05) is 0 Å². The van der Waals surface area contributed by atoms with Gasteiger partial charge >= 0.3 is 11.9 Å². The van der Waals surface area contributed by atoms with Crippen LogP contribution in [-0.4, -0.2) is 22.2 Å². The van der Waals surface area contributed by atoms with Gasteiger partial charge in [0.25, 0.3) is 0 Å². The lowest BCUT2D eigenvalue weighted by Crippen LogP contribution is -2.34. The summed E-state index contributed by atoms with van der Waals surface area (Å²) in [5.41, 5.74) is -0.634. The van der Waals surface area contributed by atoms with Crippen molar-refractivity contribution in [1.29, 1.82) is 0 Å². The van der Waals surface area contributed by atoms with Crippen molar-refractivity contribution >= 4 is 11.9 Å². The summed E-state index contributed by atoms with van der Waals surface area (Å²) in [5.74, 6) is -0.969. The highest BCUT2D eigenvalue weighted by atomic mass is 16.4. The molecule has 128 valence electrons. The summed E-state index contributed by atoms with van der Waals surface area (Å²) in [5, 5.41) is 18.8. The predicted molar refractivity (Wildman–Crippen MR) is 86.7 cm³/mol. The fourth-order valence-corrected chi connectivity index (χ4v) is 3.93. The van der Waals surface area contributed by atoms with Crippen LogP contribution in [0, 0.1) is 23.2 Å². The van der Waals surface area contributed by atoms with Crippen LogP contribution in [0.25, 0.3) is 0 Å². The molecular weight excluding hydrogens is 280 g/mol. The molecule has 1 aliphatic rings. The average molecular weight is 312 g/mol. The number of unbranched alkanes of at least 4 members (excludes halogenated alkanes) is 1. The van der Waals surface area contributed by atoms with E-state index >= 15 is 0 Å². The Labute approximate surface area is 134 Å². The zero-order chi connectivity index (χ0) is 16.8. The largest absolute Gasteiger partial charge is 0.481 e. The minimum atomic E-state index is -0.720. The summed E-state index contributed by atoms with van der Waals surface area (Å²) in [7, 11) is 0. The lowest BCUT2D eigenvalue weighted by Gasteiger charge is -2.35. The van der Waals surface area contributed by atoms with Crippen LogP contribution in [-0.2, 0) is 9.59 Å². The second-order valence-electron chi connectivity index (χ2n) is 7.19. The van der Waals surface area contributed by atoms with Crippen LogP contribution in [0.3, 0.4) is 0 Å². The van der Waals surface area contributed by atoms with E-state index in [0.29, 0.717) is 18.8 Å². The van der Waals surface area contributed by atoms with Gasteiger partial charge in [-0.15, -0.1) is 0 Å². The molecule has 1 rings (SSSR count). The van der Waals surface area contributed by atoms with Gasteiger partial charge < -0.3 is 10.2 Å². The first-order valence-electron chi connectivity index (χ1n) is 8.82. The van der Waals surface area contributed by atoms with E-state index in [2.05, 4.69) is 6.92 Å². The molecule has 0 aliphatic heterocycles. The SMILES string of the molecule is CCC1CCCC(CCCCC(C)(CC)C(=O)O)C1C(=O)O. The molecule has 4 heteroatoms.